The molecule has 0 saturated heterocycles. The molecule has 0 aliphatic heterocycles. The van der Waals surface area contributed by atoms with Crippen LogP contribution in [0.3, 0.4) is 0 Å². The largest absolute Gasteiger partial charge is 0.369 e. The van der Waals surface area contributed by atoms with Crippen molar-refractivity contribution in [1.29, 1.82) is 0 Å². The van der Waals surface area contributed by atoms with Gasteiger partial charge in [0, 0.05) is 7.11 Å². The lowest BCUT2D eigenvalue weighted by Crippen LogP contribution is -2.09. The molecule has 1 aromatic carbocycles. The van der Waals surface area contributed by atoms with E-state index in [1.54, 1.807) is 7.11 Å². The van der Waals surface area contributed by atoms with E-state index >= 15 is 0 Å². The fourth-order valence-electron chi connectivity index (χ4n) is 1.55. The summed E-state index contributed by atoms with van der Waals surface area (Å²) in [6.07, 6.45) is -0.394. The Balaban J connectivity index is 2.46. The molecule has 0 bridgehead atoms. The number of methoxy groups -OCH3 is 1. The molecule has 1 aromatic heterocycles. The number of hydrogen-bond acceptors (Lipinski definition) is 3. The van der Waals surface area contributed by atoms with Crippen LogP contribution in [-0.4, -0.2) is 17.1 Å². The Labute approximate surface area is 123 Å². The summed E-state index contributed by atoms with van der Waals surface area (Å²) in [6, 6.07) is 9.63. The average molecular weight is 348 g/mol. The Hall–Kier alpha value is -0.680. The first kappa shape index (κ1) is 13.7. The van der Waals surface area contributed by atoms with Crippen LogP contribution in [0.1, 0.15) is 17.5 Å². The van der Waals surface area contributed by atoms with Crippen molar-refractivity contribution in [3.63, 3.8) is 0 Å². The number of ether oxygens (including phenoxy) is 1. The summed E-state index contributed by atoms with van der Waals surface area (Å²) in [7, 11) is 1.59. The lowest BCUT2D eigenvalue weighted by molar-refractivity contribution is 0.129. The van der Waals surface area contributed by atoms with Crippen molar-refractivity contribution in [1.82, 2.24) is 9.97 Å². The fraction of sp³-hybridized carbons (Fsp3) is 0.167. The average Bonchev–Trinajstić information content (AvgIpc) is 2.38. The second-order valence-corrected chi connectivity index (χ2v) is 5.01. The molecule has 1 atom stereocenters. The quantitative estimate of drug-likeness (QED) is 0.777. The summed E-state index contributed by atoms with van der Waals surface area (Å²) in [4.78, 5) is 8.36. The van der Waals surface area contributed by atoms with Crippen LogP contribution in [0.2, 0.25) is 10.3 Å². The SMILES string of the molecule is COC(c1ccccc1)c1nc(Cl)c(Br)c(Cl)n1. The van der Waals surface area contributed by atoms with Gasteiger partial charge in [-0.2, -0.15) is 0 Å². The van der Waals surface area contributed by atoms with E-state index in [-0.39, 0.29) is 10.3 Å². The molecule has 18 heavy (non-hydrogen) atoms. The number of nitrogens with zero attached hydrogens (tertiary/aromatic N) is 2. The molecule has 0 radical (unpaired) electrons. The minimum Gasteiger partial charge on any atom is -0.369 e. The Morgan fingerprint density at radius 1 is 1.11 bits per heavy atom. The molecule has 1 heterocycles. The predicted octanol–water partition coefficient (Wildman–Crippen LogP) is 4.28. The lowest BCUT2D eigenvalue weighted by Gasteiger charge is -2.15. The maximum absolute atomic E-state index is 5.97. The summed E-state index contributed by atoms with van der Waals surface area (Å²) in [5.74, 6) is 0.432. The highest BCUT2D eigenvalue weighted by Gasteiger charge is 2.19. The molecule has 0 amide bonds. The van der Waals surface area contributed by atoms with Gasteiger partial charge in [0.05, 0.1) is 4.47 Å². The number of hydrogen-bond donors (Lipinski definition) is 0. The van der Waals surface area contributed by atoms with E-state index in [2.05, 4.69) is 25.9 Å². The molecule has 3 nitrogen and oxygen atoms in total. The van der Waals surface area contributed by atoms with Crippen molar-refractivity contribution in [3.8, 4) is 0 Å². The normalized spacial score (nSPS) is 12.4. The number of aromatic nitrogens is 2. The fourth-order valence-corrected chi connectivity index (χ4v) is 2.12. The highest BCUT2D eigenvalue weighted by Crippen LogP contribution is 2.31. The van der Waals surface area contributed by atoms with Crippen molar-refractivity contribution < 1.29 is 4.74 Å². The van der Waals surface area contributed by atoms with Crippen LogP contribution in [0, 0.1) is 0 Å². The van der Waals surface area contributed by atoms with E-state index in [1.807, 2.05) is 30.3 Å². The van der Waals surface area contributed by atoms with Gasteiger partial charge in [0.1, 0.15) is 16.4 Å². The topological polar surface area (TPSA) is 35.0 Å². The van der Waals surface area contributed by atoms with E-state index in [1.165, 1.54) is 0 Å². The molecule has 94 valence electrons. The van der Waals surface area contributed by atoms with Gasteiger partial charge in [0.15, 0.2) is 5.82 Å². The molecule has 0 saturated carbocycles. The van der Waals surface area contributed by atoms with Gasteiger partial charge < -0.3 is 4.74 Å². The highest BCUT2D eigenvalue weighted by atomic mass is 79.9. The molecule has 0 fully saturated rings. The number of rotatable bonds is 3. The Morgan fingerprint density at radius 3 is 2.17 bits per heavy atom. The minimum absolute atomic E-state index is 0.267. The first-order valence-electron chi connectivity index (χ1n) is 5.09. The Kier molecular flexibility index (Phi) is 4.56. The van der Waals surface area contributed by atoms with Crippen molar-refractivity contribution in [2.75, 3.05) is 7.11 Å². The Morgan fingerprint density at radius 2 is 1.67 bits per heavy atom. The molecular formula is C12H9BrCl2N2O. The zero-order valence-electron chi connectivity index (χ0n) is 9.40. The third kappa shape index (κ3) is 2.83. The van der Waals surface area contributed by atoms with Gasteiger partial charge in [0.2, 0.25) is 0 Å². The molecular weight excluding hydrogens is 339 g/mol. The monoisotopic (exact) mass is 346 g/mol. The molecule has 2 aromatic rings. The highest BCUT2D eigenvalue weighted by molar-refractivity contribution is 9.10. The van der Waals surface area contributed by atoms with E-state index in [4.69, 9.17) is 27.9 Å². The molecule has 0 N–H and O–H groups in total. The van der Waals surface area contributed by atoms with Crippen molar-refractivity contribution in [3.05, 3.63) is 56.5 Å². The molecule has 6 heteroatoms. The smallest absolute Gasteiger partial charge is 0.165 e. The van der Waals surface area contributed by atoms with E-state index in [0.29, 0.717) is 10.3 Å². The van der Waals surface area contributed by atoms with E-state index < -0.39 is 6.10 Å². The van der Waals surface area contributed by atoms with Gasteiger partial charge in [-0.05, 0) is 21.5 Å². The third-order valence-corrected chi connectivity index (χ3v) is 4.11. The van der Waals surface area contributed by atoms with Crippen LogP contribution < -0.4 is 0 Å². The van der Waals surface area contributed by atoms with Crippen LogP contribution in [-0.2, 0) is 4.74 Å². The summed E-state index contributed by atoms with van der Waals surface area (Å²) < 4.78 is 5.90. The zero-order valence-corrected chi connectivity index (χ0v) is 12.5. The van der Waals surface area contributed by atoms with Gasteiger partial charge in [-0.25, -0.2) is 9.97 Å². The molecule has 0 aliphatic rings. The van der Waals surface area contributed by atoms with E-state index in [0.717, 1.165) is 5.56 Å². The summed E-state index contributed by atoms with van der Waals surface area (Å²) >= 11 is 15.2. The van der Waals surface area contributed by atoms with Crippen molar-refractivity contribution >= 4 is 39.1 Å². The first-order chi connectivity index (χ1) is 8.63. The zero-order chi connectivity index (χ0) is 13.1. The lowest BCUT2D eigenvalue weighted by atomic mass is 10.1. The summed E-state index contributed by atoms with van der Waals surface area (Å²) in [6.45, 7) is 0. The minimum atomic E-state index is -0.394. The van der Waals surface area contributed by atoms with Crippen LogP contribution in [0.15, 0.2) is 34.8 Å². The van der Waals surface area contributed by atoms with Crippen LogP contribution in [0.4, 0.5) is 0 Å². The maximum Gasteiger partial charge on any atom is 0.165 e. The van der Waals surface area contributed by atoms with Crippen LogP contribution in [0.25, 0.3) is 0 Å². The van der Waals surface area contributed by atoms with E-state index in [9.17, 15) is 0 Å². The second-order valence-electron chi connectivity index (χ2n) is 3.50. The van der Waals surface area contributed by atoms with Gasteiger partial charge in [-0.15, -0.1) is 0 Å². The van der Waals surface area contributed by atoms with Crippen LogP contribution >= 0.6 is 39.1 Å². The van der Waals surface area contributed by atoms with Gasteiger partial charge >= 0.3 is 0 Å². The predicted molar refractivity (Wildman–Crippen MR) is 75.0 cm³/mol. The molecule has 0 spiro atoms. The maximum atomic E-state index is 5.97. The standard InChI is InChI=1S/C12H9BrCl2N2O/c1-18-9(7-5-3-2-4-6-7)12-16-10(14)8(13)11(15)17-12/h2-6,9H,1H3. The number of halogens is 3. The summed E-state index contributed by atoms with van der Waals surface area (Å²) in [5.41, 5.74) is 0.939. The van der Waals surface area contributed by atoms with Crippen LogP contribution in [0.5, 0.6) is 0 Å². The van der Waals surface area contributed by atoms with Gasteiger partial charge in [-0.1, -0.05) is 53.5 Å². The van der Waals surface area contributed by atoms with Crippen molar-refractivity contribution in [2.24, 2.45) is 0 Å². The summed E-state index contributed by atoms with van der Waals surface area (Å²) in [5, 5.41) is 0.533. The Bertz CT molecular complexity index is 528. The van der Waals surface area contributed by atoms with Gasteiger partial charge in [-0.3, -0.25) is 0 Å². The number of benzene rings is 1. The molecule has 1 unspecified atom stereocenters. The third-order valence-electron chi connectivity index (χ3n) is 2.36. The molecule has 0 aliphatic carbocycles. The molecule has 2 rings (SSSR count). The first-order valence-corrected chi connectivity index (χ1v) is 6.64. The van der Waals surface area contributed by atoms with Gasteiger partial charge in [0.25, 0.3) is 0 Å². The second kappa shape index (κ2) is 5.97. The van der Waals surface area contributed by atoms with Crippen molar-refractivity contribution in [2.45, 2.75) is 6.10 Å².